The van der Waals surface area contributed by atoms with E-state index >= 15 is 0 Å². The number of ether oxygens (including phenoxy) is 1. The smallest absolute Gasteiger partial charge is 0.104 e. The van der Waals surface area contributed by atoms with E-state index in [1.54, 1.807) is 0 Å². The molecule has 0 atom stereocenters. The van der Waals surface area contributed by atoms with Gasteiger partial charge < -0.3 is 15.8 Å². The lowest BCUT2D eigenvalue weighted by molar-refractivity contribution is 0.110. The van der Waals surface area contributed by atoms with Crippen LogP contribution in [-0.4, -0.2) is 24.7 Å². The second-order valence-electron chi connectivity index (χ2n) is 5.14. The number of thiocarbonyl (C=S) groups is 1. The Morgan fingerprint density at radius 2 is 2.16 bits per heavy atom. The monoisotopic (exact) mass is 280 g/mol. The van der Waals surface area contributed by atoms with Crippen LogP contribution >= 0.6 is 12.2 Å². The van der Waals surface area contributed by atoms with Crippen molar-refractivity contribution in [2.45, 2.75) is 27.2 Å². The van der Waals surface area contributed by atoms with Crippen LogP contribution in [0.3, 0.4) is 0 Å². The second kappa shape index (κ2) is 8.12. The van der Waals surface area contributed by atoms with Crippen LogP contribution in [0.15, 0.2) is 18.2 Å². The van der Waals surface area contributed by atoms with Gasteiger partial charge in [0.25, 0.3) is 0 Å². The third-order valence-electron chi connectivity index (χ3n) is 2.74. The molecule has 3 N–H and O–H groups in total. The molecule has 0 unspecified atom stereocenters. The molecule has 0 aliphatic rings. The Labute approximate surface area is 121 Å². The minimum absolute atomic E-state index is 0.450. The third-order valence-corrected chi connectivity index (χ3v) is 2.96. The van der Waals surface area contributed by atoms with Gasteiger partial charge in [-0.05, 0) is 43.0 Å². The van der Waals surface area contributed by atoms with Crippen molar-refractivity contribution < 1.29 is 4.74 Å². The van der Waals surface area contributed by atoms with E-state index in [1.807, 2.05) is 19.1 Å². The van der Waals surface area contributed by atoms with Crippen molar-refractivity contribution in [1.29, 1.82) is 0 Å². The molecule has 0 fully saturated rings. The van der Waals surface area contributed by atoms with Crippen LogP contribution < -0.4 is 11.1 Å². The average Bonchev–Trinajstić information content (AvgIpc) is 2.32. The van der Waals surface area contributed by atoms with E-state index in [1.165, 1.54) is 0 Å². The highest BCUT2D eigenvalue weighted by Gasteiger charge is 2.02. The minimum atomic E-state index is 0.450. The van der Waals surface area contributed by atoms with Crippen molar-refractivity contribution in [3.05, 3.63) is 29.3 Å². The highest BCUT2D eigenvalue weighted by atomic mass is 32.1. The highest BCUT2D eigenvalue weighted by Crippen LogP contribution is 2.15. The van der Waals surface area contributed by atoms with Crippen molar-refractivity contribution in [1.82, 2.24) is 0 Å². The molecule has 0 spiro atoms. The summed E-state index contributed by atoms with van der Waals surface area (Å²) >= 11 is 4.99. The van der Waals surface area contributed by atoms with E-state index in [2.05, 4.69) is 25.2 Å². The molecule has 3 nitrogen and oxygen atoms in total. The van der Waals surface area contributed by atoms with Gasteiger partial charge in [0.05, 0.1) is 0 Å². The first kappa shape index (κ1) is 15.9. The highest BCUT2D eigenvalue weighted by molar-refractivity contribution is 7.80. The summed E-state index contributed by atoms with van der Waals surface area (Å²) in [5.74, 6) is 0.600. The molecule has 19 heavy (non-hydrogen) atoms. The van der Waals surface area contributed by atoms with E-state index in [-0.39, 0.29) is 0 Å². The van der Waals surface area contributed by atoms with Crippen molar-refractivity contribution in [2.24, 2.45) is 11.7 Å². The molecule has 0 bridgehead atoms. The molecule has 0 saturated heterocycles. The van der Waals surface area contributed by atoms with Gasteiger partial charge >= 0.3 is 0 Å². The molecule has 0 amide bonds. The van der Waals surface area contributed by atoms with Gasteiger partial charge in [-0.2, -0.15) is 0 Å². The topological polar surface area (TPSA) is 47.3 Å². The molecule has 4 heteroatoms. The van der Waals surface area contributed by atoms with E-state index in [4.69, 9.17) is 22.7 Å². The molecule has 0 saturated carbocycles. The first-order valence-electron chi connectivity index (χ1n) is 6.72. The number of aryl methyl sites for hydroxylation is 1. The van der Waals surface area contributed by atoms with Gasteiger partial charge in [-0.1, -0.05) is 26.1 Å². The first-order chi connectivity index (χ1) is 9.00. The molecule has 0 aliphatic heterocycles. The van der Waals surface area contributed by atoms with Gasteiger partial charge in [0.1, 0.15) is 4.99 Å². The van der Waals surface area contributed by atoms with Crippen LogP contribution in [0.4, 0.5) is 5.69 Å². The normalized spacial score (nSPS) is 10.7. The van der Waals surface area contributed by atoms with Crippen LogP contribution in [0.2, 0.25) is 0 Å². The molecule has 106 valence electrons. The summed E-state index contributed by atoms with van der Waals surface area (Å²) in [6, 6.07) is 6.05. The van der Waals surface area contributed by atoms with Crippen LogP contribution in [0, 0.1) is 12.8 Å². The third kappa shape index (κ3) is 6.03. The largest absolute Gasteiger partial charge is 0.389 e. The van der Waals surface area contributed by atoms with Gasteiger partial charge in [0, 0.05) is 31.0 Å². The van der Waals surface area contributed by atoms with Crippen molar-refractivity contribution >= 4 is 22.9 Å². The number of nitrogens with one attached hydrogen (secondary N) is 1. The van der Waals surface area contributed by atoms with Gasteiger partial charge in [-0.15, -0.1) is 0 Å². The van der Waals surface area contributed by atoms with E-state index < -0.39 is 0 Å². The molecule has 0 heterocycles. The Hall–Kier alpha value is -1.13. The number of nitrogens with two attached hydrogens (primary N) is 1. The van der Waals surface area contributed by atoms with Crippen LogP contribution in [0.5, 0.6) is 0 Å². The average molecular weight is 280 g/mol. The van der Waals surface area contributed by atoms with Gasteiger partial charge in [0.15, 0.2) is 0 Å². The zero-order valence-corrected chi connectivity index (χ0v) is 12.8. The zero-order valence-electron chi connectivity index (χ0n) is 12.0. The molecule has 1 aromatic rings. The summed E-state index contributed by atoms with van der Waals surface area (Å²) < 4.78 is 5.53. The quantitative estimate of drug-likeness (QED) is 0.567. The summed E-state index contributed by atoms with van der Waals surface area (Å²) in [5.41, 5.74) is 8.79. The number of hydrogen-bond acceptors (Lipinski definition) is 3. The first-order valence-corrected chi connectivity index (χ1v) is 7.13. The number of rotatable bonds is 8. The van der Waals surface area contributed by atoms with Crippen LogP contribution in [0.25, 0.3) is 0 Å². The molecule has 0 aliphatic carbocycles. The Morgan fingerprint density at radius 3 is 2.74 bits per heavy atom. The van der Waals surface area contributed by atoms with Gasteiger partial charge in [0.2, 0.25) is 0 Å². The maximum absolute atomic E-state index is 5.64. The minimum Gasteiger partial charge on any atom is -0.389 e. The van der Waals surface area contributed by atoms with E-state index in [0.29, 0.717) is 10.9 Å². The summed E-state index contributed by atoms with van der Waals surface area (Å²) in [7, 11) is 0. The number of hydrogen-bond donors (Lipinski definition) is 2. The standard InChI is InChI=1S/C15H24N2OS/c1-11(2)10-18-8-4-7-17-13-5-6-14(15(16)19)12(3)9-13/h5-6,9,11,17H,4,7-8,10H2,1-3H3,(H2,16,19). The summed E-state index contributed by atoms with van der Waals surface area (Å²) in [6.45, 7) is 8.88. The fraction of sp³-hybridized carbons (Fsp3) is 0.533. The molecular weight excluding hydrogens is 256 g/mol. The summed E-state index contributed by atoms with van der Waals surface area (Å²) in [6.07, 6.45) is 1.00. The van der Waals surface area contributed by atoms with Crippen molar-refractivity contribution in [3.8, 4) is 0 Å². The number of benzene rings is 1. The summed E-state index contributed by atoms with van der Waals surface area (Å²) in [4.78, 5) is 0.450. The van der Waals surface area contributed by atoms with Crippen molar-refractivity contribution in [3.63, 3.8) is 0 Å². The van der Waals surface area contributed by atoms with Crippen LogP contribution in [0.1, 0.15) is 31.4 Å². The summed E-state index contributed by atoms with van der Waals surface area (Å²) in [5, 5.41) is 3.38. The second-order valence-corrected chi connectivity index (χ2v) is 5.58. The maximum atomic E-state index is 5.64. The Bertz CT molecular complexity index is 419. The molecular formula is C15H24N2OS. The lowest BCUT2D eigenvalue weighted by Gasteiger charge is -2.10. The lowest BCUT2D eigenvalue weighted by Crippen LogP contribution is -2.12. The number of anilines is 1. The predicted molar refractivity (Wildman–Crippen MR) is 85.8 cm³/mol. The SMILES string of the molecule is Cc1cc(NCCCOCC(C)C)ccc1C(N)=S. The Kier molecular flexibility index (Phi) is 6.81. The predicted octanol–water partition coefficient (Wildman–Crippen LogP) is 3.10. The molecule has 1 rings (SSSR count). The van der Waals surface area contributed by atoms with Gasteiger partial charge in [-0.25, -0.2) is 0 Å². The fourth-order valence-electron chi connectivity index (χ4n) is 1.78. The van der Waals surface area contributed by atoms with E-state index in [9.17, 15) is 0 Å². The van der Waals surface area contributed by atoms with Gasteiger partial charge in [-0.3, -0.25) is 0 Å². The van der Waals surface area contributed by atoms with E-state index in [0.717, 1.165) is 43.0 Å². The molecule has 0 radical (unpaired) electrons. The Morgan fingerprint density at radius 1 is 1.42 bits per heavy atom. The van der Waals surface area contributed by atoms with Crippen molar-refractivity contribution in [2.75, 3.05) is 25.1 Å². The lowest BCUT2D eigenvalue weighted by atomic mass is 10.1. The fourth-order valence-corrected chi connectivity index (χ4v) is 2.01. The maximum Gasteiger partial charge on any atom is 0.104 e. The Balaban J connectivity index is 2.30. The van der Waals surface area contributed by atoms with Crippen LogP contribution in [-0.2, 0) is 4.74 Å². The molecule has 0 aromatic heterocycles. The zero-order chi connectivity index (χ0) is 14.3. The molecule has 1 aromatic carbocycles.